The van der Waals surface area contributed by atoms with Gasteiger partial charge in [0.25, 0.3) is 0 Å². The Hall–Kier alpha value is -5.64. The van der Waals surface area contributed by atoms with E-state index >= 15 is 0 Å². The van der Waals surface area contributed by atoms with Gasteiger partial charge in [-0.25, -0.2) is 0 Å². The maximum absolute atomic E-state index is 14.2. The van der Waals surface area contributed by atoms with E-state index in [4.69, 9.17) is 4.74 Å². The number of fused-ring (bicyclic) bond motifs is 3. The summed E-state index contributed by atoms with van der Waals surface area (Å²) in [7, 11) is 5.42. The van der Waals surface area contributed by atoms with Crippen molar-refractivity contribution in [2.75, 3.05) is 31.0 Å². The van der Waals surface area contributed by atoms with Gasteiger partial charge in [-0.1, -0.05) is 17.7 Å². The topological polar surface area (TPSA) is 129 Å². The Morgan fingerprint density at radius 3 is 2.17 bits per heavy atom. The van der Waals surface area contributed by atoms with Crippen molar-refractivity contribution in [3.05, 3.63) is 107 Å². The van der Waals surface area contributed by atoms with Gasteiger partial charge in [-0.15, -0.1) is 0 Å². The summed E-state index contributed by atoms with van der Waals surface area (Å²) in [6.07, 6.45) is 3.72. The summed E-state index contributed by atoms with van der Waals surface area (Å²) in [6.45, 7) is 1.61. The van der Waals surface area contributed by atoms with E-state index in [1.54, 1.807) is 43.3 Å². The lowest BCUT2D eigenvalue weighted by Gasteiger charge is -2.42. The van der Waals surface area contributed by atoms with Crippen LogP contribution >= 0.6 is 0 Å². The predicted octanol–water partition coefficient (Wildman–Crippen LogP) is 6.52. The van der Waals surface area contributed by atoms with E-state index in [-0.39, 0.29) is 35.6 Å². The van der Waals surface area contributed by atoms with Crippen LogP contribution in [0.1, 0.15) is 31.2 Å². The largest absolute Gasteiger partial charge is 0.507 e. The first-order chi connectivity index (χ1) is 23.1. The number of carbonyl (C=O) groups is 4. The van der Waals surface area contributed by atoms with Crippen molar-refractivity contribution in [2.24, 2.45) is 28.0 Å². The molecule has 0 aromatic heterocycles. The molecule has 0 bridgehead atoms. The van der Waals surface area contributed by atoms with Gasteiger partial charge in [0.15, 0.2) is 11.6 Å². The standard InChI is InChI=1S/C38H34N4O6/c1-20-17-31(43)30-19-29-26(33(35(30)36(20)45)27-14-13-25(48-4)18-32(27)44)15-16-28-34(29)38(47)42(37(28)46)24-11-7-22(8-12-24)40-39-21-5-9-23(10-6-21)41(2)3/h5-15,17-18,28-29,33-34,44H,16,19H2,1-4H3/t28-,29+,33+,34-/m0/s1. The molecule has 0 radical (unpaired) electrons. The number of carbonyl (C=O) groups excluding carboxylic acids is 4. The molecule has 1 aliphatic heterocycles. The number of hydrogen-bond donors (Lipinski definition) is 1. The van der Waals surface area contributed by atoms with E-state index in [0.717, 1.165) is 11.3 Å². The summed E-state index contributed by atoms with van der Waals surface area (Å²) in [5, 5.41) is 19.7. The van der Waals surface area contributed by atoms with Crippen LogP contribution in [-0.4, -0.2) is 49.7 Å². The van der Waals surface area contributed by atoms with Crippen molar-refractivity contribution < 1.29 is 29.0 Å². The number of ether oxygens (including phenoxy) is 1. The number of ketones is 2. The number of azo groups is 1. The molecule has 0 spiro atoms. The highest BCUT2D eigenvalue weighted by molar-refractivity contribution is 6.25. The van der Waals surface area contributed by atoms with Crippen molar-refractivity contribution in [3.63, 3.8) is 0 Å². The lowest BCUT2D eigenvalue weighted by molar-refractivity contribution is -0.123. The van der Waals surface area contributed by atoms with Crippen LogP contribution in [0, 0.1) is 17.8 Å². The van der Waals surface area contributed by atoms with Gasteiger partial charge in [0, 0.05) is 54.0 Å². The third-order valence-electron chi connectivity index (χ3n) is 9.87. The van der Waals surface area contributed by atoms with E-state index in [0.29, 0.717) is 51.5 Å². The Labute approximate surface area is 277 Å². The Balaban J connectivity index is 1.20. The average Bonchev–Trinajstić information content (AvgIpc) is 3.35. The van der Waals surface area contributed by atoms with Crippen LogP contribution in [0.2, 0.25) is 0 Å². The Morgan fingerprint density at radius 1 is 0.875 bits per heavy atom. The van der Waals surface area contributed by atoms with Crippen LogP contribution in [0.3, 0.4) is 0 Å². The molecule has 48 heavy (non-hydrogen) atoms. The molecule has 4 atom stereocenters. The fourth-order valence-electron chi connectivity index (χ4n) is 7.47. The van der Waals surface area contributed by atoms with Crippen molar-refractivity contribution >= 4 is 46.1 Å². The van der Waals surface area contributed by atoms with Crippen molar-refractivity contribution in [1.29, 1.82) is 0 Å². The molecule has 3 aliphatic carbocycles. The maximum atomic E-state index is 14.2. The molecular weight excluding hydrogens is 608 g/mol. The zero-order chi connectivity index (χ0) is 33.9. The minimum absolute atomic E-state index is 0.0828. The van der Waals surface area contributed by atoms with E-state index in [1.807, 2.05) is 49.3 Å². The highest BCUT2D eigenvalue weighted by Gasteiger charge is 2.56. The summed E-state index contributed by atoms with van der Waals surface area (Å²) in [5.74, 6) is -3.43. The van der Waals surface area contributed by atoms with Gasteiger partial charge in [0.05, 0.1) is 36.0 Å². The number of phenols is 1. The van der Waals surface area contributed by atoms with E-state index < -0.39 is 23.7 Å². The van der Waals surface area contributed by atoms with Crippen LogP contribution in [0.25, 0.3) is 0 Å². The number of anilines is 2. The second-order valence-corrected chi connectivity index (χ2v) is 12.8. The Morgan fingerprint density at radius 2 is 1.54 bits per heavy atom. The second-order valence-electron chi connectivity index (χ2n) is 12.8. The van der Waals surface area contributed by atoms with Gasteiger partial charge < -0.3 is 14.7 Å². The third-order valence-corrected chi connectivity index (χ3v) is 9.87. The summed E-state index contributed by atoms with van der Waals surface area (Å²) in [4.78, 5) is 58.3. The number of phenolic OH excluding ortho intramolecular Hbond substituents is 1. The number of aromatic hydroxyl groups is 1. The molecule has 1 fully saturated rings. The summed E-state index contributed by atoms with van der Waals surface area (Å²) >= 11 is 0. The Kier molecular flexibility index (Phi) is 7.66. The first-order valence-electron chi connectivity index (χ1n) is 15.8. The summed E-state index contributed by atoms with van der Waals surface area (Å²) in [6, 6.07) is 19.3. The van der Waals surface area contributed by atoms with Crippen LogP contribution in [0.4, 0.5) is 22.7 Å². The summed E-state index contributed by atoms with van der Waals surface area (Å²) in [5.41, 5.74) is 4.93. The number of allylic oxidation sites excluding steroid dienone is 6. The fourth-order valence-corrected chi connectivity index (χ4v) is 7.47. The maximum Gasteiger partial charge on any atom is 0.238 e. The van der Waals surface area contributed by atoms with E-state index in [9.17, 15) is 24.3 Å². The molecule has 10 heteroatoms. The van der Waals surface area contributed by atoms with Crippen LogP contribution in [-0.2, 0) is 19.2 Å². The fraction of sp³-hybridized carbons (Fsp3) is 0.263. The van der Waals surface area contributed by atoms with Crippen LogP contribution in [0.5, 0.6) is 11.5 Å². The third kappa shape index (κ3) is 5.04. The van der Waals surface area contributed by atoms with Gasteiger partial charge in [-0.05, 0) is 86.4 Å². The number of imide groups is 1. The van der Waals surface area contributed by atoms with Crippen molar-refractivity contribution in [2.45, 2.75) is 25.7 Å². The lowest BCUT2D eigenvalue weighted by Crippen LogP contribution is -2.39. The second kappa shape index (κ2) is 11.9. The molecule has 1 saturated heterocycles. The molecule has 0 saturated carbocycles. The Bertz CT molecular complexity index is 2010. The molecule has 0 unspecified atom stereocenters. The molecule has 4 aliphatic rings. The SMILES string of the molecule is COc1ccc([C@H]2C3=CC[C@@H]4C(=O)N(c5ccc(N=Nc6ccc(N(C)C)cc6)cc5)C(=O)[C@@H]4[C@@H]3CC3=C2C(=O)C(C)=CC3=O)c(O)c1. The minimum atomic E-state index is -0.744. The van der Waals surface area contributed by atoms with Gasteiger partial charge in [-0.2, -0.15) is 10.2 Å². The zero-order valence-corrected chi connectivity index (χ0v) is 27.0. The minimum Gasteiger partial charge on any atom is -0.507 e. The number of benzene rings is 3. The average molecular weight is 643 g/mol. The van der Waals surface area contributed by atoms with Gasteiger partial charge in [0.2, 0.25) is 11.8 Å². The number of rotatable bonds is 6. The predicted molar refractivity (Wildman–Crippen MR) is 180 cm³/mol. The van der Waals surface area contributed by atoms with Crippen LogP contribution in [0.15, 0.2) is 111 Å². The smallest absolute Gasteiger partial charge is 0.238 e. The molecule has 10 nitrogen and oxygen atoms in total. The number of nitrogens with zero attached hydrogens (tertiary/aromatic N) is 4. The first-order valence-corrected chi connectivity index (χ1v) is 15.8. The zero-order valence-electron chi connectivity index (χ0n) is 27.0. The van der Waals surface area contributed by atoms with E-state index in [1.165, 1.54) is 24.2 Å². The number of hydrogen-bond acceptors (Lipinski definition) is 9. The van der Waals surface area contributed by atoms with Gasteiger partial charge in [-0.3, -0.25) is 24.1 Å². The molecular formula is C38H34N4O6. The molecule has 3 aromatic carbocycles. The molecule has 3 aromatic rings. The monoisotopic (exact) mass is 642 g/mol. The van der Waals surface area contributed by atoms with E-state index in [2.05, 4.69) is 10.2 Å². The molecule has 242 valence electrons. The summed E-state index contributed by atoms with van der Waals surface area (Å²) < 4.78 is 5.28. The highest BCUT2D eigenvalue weighted by atomic mass is 16.5. The van der Waals surface area contributed by atoms with Crippen molar-refractivity contribution in [1.82, 2.24) is 0 Å². The molecule has 1 N–H and O–H groups in total. The highest BCUT2D eigenvalue weighted by Crippen LogP contribution is 2.56. The molecule has 7 rings (SSSR count). The van der Waals surface area contributed by atoms with Crippen LogP contribution < -0.4 is 14.5 Å². The first kappa shape index (κ1) is 31.0. The molecule has 1 heterocycles. The lowest BCUT2D eigenvalue weighted by atomic mass is 9.59. The normalized spacial score (nSPS) is 23.5. The number of amides is 2. The number of methoxy groups -OCH3 is 1. The quantitative estimate of drug-likeness (QED) is 0.140. The van der Waals surface area contributed by atoms with Gasteiger partial charge >= 0.3 is 0 Å². The molecule has 2 amide bonds. The van der Waals surface area contributed by atoms with Gasteiger partial charge in [0.1, 0.15) is 11.5 Å². The number of Topliss-reactive ketones (excluding diaryl/α,β-unsaturated/α-hetero) is 1. The van der Waals surface area contributed by atoms with Crippen molar-refractivity contribution in [3.8, 4) is 11.5 Å².